The van der Waals surface area contributed by atoms with Crippen LogP contribution in [0.3, 0.4) is 0 Å². The van der Waals surface area contributed by atoms with Crippen LogP contribution in [0.25, 0.3) is 0 Å². The molecule has 0 spiro atoms. The van der Waals surface area contributed by atoms with Gasteiger partial charge >= 0.3 is 0 Å². The quantitative estimate of drug-likeness (QED) is 0.354. The zero-order valence-electron chi connectivity index (χ0n) is 7.25. The summed E-state index contributed by atoms with van der Waals surface area (Å²) in [6.45, 7) is 7.43. The van der Waals surface area contributed by atoms with Crippen LogP contribution in [0.1, 0.15) is 19.8 Å². The Balaban J connectivity index is 3.13. The minimum Gasteiger partial charge on any atom is -0.381 e. The Morgan fingerprint density at radius 2 is 2.36 bits per heavy atom. The lowest BCUT2D eigenvalue weighted by Gasteiger charge is -2.10. The molecule has 0 radical (unpaired) electrons. The molecule has 0 rings (SSSR count). The fourth-order valence-corrected chi connectivity index (χ4v) is 1.08. The highest BCUT2D eigenvalue weighted by Crippen LogP contribution is 2.04. The van der Waals surface area contributed by atoms with Crippen molar-refractivity contribution in [3.05, 3.63) is 12.7 Å². The number of hydrogen-bond acceptors (Lipinski definition) is 2. The Morgan fingerprint density at radius 3 is 2.82 bits per heavy atom. The first-order valence-corrected chi connectivity index (χ1v) is 4.77. The van der Waals surface area contributed by atoms with E-state index < -0.39 is 0 Å². The van der Waals surface area contributed by atoms with Crippen molar-refractivity contribution in [2.24, 2.45) is 5.92 Å². The Hall–Kier alpha value is 0.0500. The molecule has 0 aliphatic carbocycles. The largest absolute Gasteiger partial charge is 0.381 e. The molecule has 0 aromatic heterocycles. The van der Waals surface area contributed by atoms with Crippen molar-refractivity contribution in [3.63, 3.8) is 0 Å². The van der Waals surface area contributed by atoms with Crippen LogP contribution in [0.2, 0.25) is 0 Å². The van der Waals surface area contributed by atoms with Gasteiger partial charge in [-0.05, 0) is 18.1 Å². The standard InChI is InChI=1S/C9H18OS/c1-3-5-6-10-7-9(4-2)8-11/h3,9,11H,1,4-8H2,2H3. The van der Waals surface area contributed by atoms with Crippen molar-refractivity contribution in [2.75, 3.05) is 19.0 Å². The van der Waals surface area contributed by atoms with E-state index >= 15 is 0 Å². The lowest BCUT2D eigenvalue weighted by molar-refractivity contribution is 0.109. The maximum Gasteiger partial charge on any atom is 0.0502 e. The third-order valence-corrected chi connectivity index (χ3v) is 2.17. The summed E-state index contributed by atoms with van der Waals surface area (Å²) < 4.78 is 5.40. The first kappa shape index (κ1) is 11.1. The van der Waals surface area contributed by atoms with E-state index in [0.717, 1.165) is 31.8 Å². The van der Waals surface area contributed by atoms with Crippen LogP contribution >= 0.6 is 12.6 Å². The second kappa shape index (κ2) is 8.15. The van der Waals surface area contributed by atoms with Gasteiger partial charge in [0.05, 0.1) is 13.2 Å². The summed E-state index contributed by atoms with van der Waals surface area (Å²) in [6.07, 6.45) is 3.97. The Labute approximate surface area is 75.2 Å². The summed E-state index contributed by atoms with van der Waals surface area (Å²) in [5.74, 6) is 1.54. The molecular formula is C9H18OS. The molecule has 1 atom stereocenters. The molecule has 0 aliphatic heterocycles. The Bertz CT molecular complexity index is 89.6. The molecule has 0 N–H and O–H groups in total. The lowest BCUT2D eigenvalue weighted by Crippen LogP contribution is -2.10. The van der Waals surface area contributed by atoms with Crippen LogP contribution in [-0.4, -0.2) is 19.0 Å². The lowest BCUT2D eigenvalue weighted by atomic mass is 10.1. The van der Waals surface area contributed by atoms with Crippen LogP contribution in [0, 0.1) is 5.92 Å². The summed E-state index contributed by atoms with van der Waals surface area (Å²) in [6, 6.07) is 0. The van der Waals surface area contributed by atoms with E-state index in [0.29, 0.717) is 5.92 Å². The van der Waals surface area contributed by atoms with E-state index in [9.17, 15) is 0 Å². The highest BCUT2D eigenvalue weighted by atomic mass is 32.1. The molecule has 1 unspecified atom stereocenters. The van der Waals surface area contributed by atoms with Crippen LogP contribution in [-0.2, 0) is 4.74 Å². The van der Waals surface area contributed by atoms with E-state index in [4.69, 9.17) is 4.74 Å². The smallest absolute Gasteiger partial charge is 0.0502 e. The van der Waals surface area contributed by atoms with Crippen molar-refractivity contribution in [1.29, 1.82) is 0 Å². The van der Waals surface area contributed by atoms with E-state index in [-0.39, 0.29) is 0 Å². The molecule has 11 heavy (non-hydrogen) atoms. The number of ether oxygens (including phenoxy) is 1. The van der Waals surface area contributed by atoms with Crippen molar-refractivity contribution >= 4 is 12.6 Å². The second-order valence-electron chi connectivity index (χ2n) is 2.61. The first-order chi connectivity index (χ1) is 5.35. The summed E-state index contributed by atoms with van der Waals surface area (Å²) >= 11 is 4.22. The van der Waals surface area contributed by atoms with Gasteiger partial charge in [-0.1, -0.05) is 19.4 Å². The van der Waals surface area contributed by atoms with Crippen molar-refractivity contribution in [1.82, 2.24) is 0 Å². The Kier molecular flexibility index (Phi) is 8.19. The van der Waals surface area contributed by atoms with Crippen molar-refractivity contribution < 1.29 is 4.74 Å². The van der Waals surface area contributed by atoms with Crippen LogP contribution in [0.5, 0.6) is 0 Å². The molecule has 1 nitrogen and oxygen atoms in total. The zero-order chi connectivity index (χ0) is 8.53. The number of rotatable bonds is 7. The molecule has 0 saturated heterocycles. The van der Waals surface area contributed by atoms with E-state index in [2.05, 4.69) is 26.1 Å². The molecule has 0 fully saturated rings. The van der Waals surface area contributed by atoms with Gasteiger partial charge in [0.1, 0.15) is 0 Å². The SMILES string of the molecule is C=CCCOCC(CC)CS. The summed E-state index contributed by atoms with van der Waals surface area (Å²) in [5.41, 5.74) is 0. The third kappa shape index (κ3) is 6.45. The van der Waals surface area contributed by atoms with E-state index in [1.807, 2.05) is 6.08 Å². The molecule has 0 aromatic carbocycles. The average molecular weight is 174 g/mol. The molecule has 0 amide bonds. The molecule has 0 aliphatic rings. The fraction of sp³-hybridized carbons (Fsp3) is 0.778. The summed E-state index contributed by atoms with van der Waals surface area (Å²) in [7, 11) is 0. The minimum absolute atomic E-state index is 0.614. The van der Waals surface area contributed by atoms with Crippen LogP contribution in [0.4, 0.5) is 0 Å². The predicted molar refractivity (Wildman–Crippen MR) is 53.3 cm³/mol. The summed E-state index contributed by atoms with van der Waals surface area (Å²) in [5, 5.41) is 0. The molecular weight excluding hydrogens is 156 g/mol. The molecule has 0 bridgehead atoms. The third-order valence-electron chi connectivity index (χ3n) is 1.66. The van der Waals surface area contributed by atoms with Gasteiger partial charge in [-0.3, -0.25) is 0 Å². The second-order valence-corrected chi connectivity index (χ2v) is 2.97. The zero-order valence-corrected chi connectivity index (χ0v) is 8.15. The highest BCUT2D eigenvalue weighted by Gasteiger charge is 2.02. The molecule has 2 heteroatoms. The van der Waals surface area contributed by atoms with Crippen LogP contribution in [0.15, 0.2) is 12.7 Å². The highest BCUT2D eigenvalue weighted by molar-refractivity contribution is 7.80. The van der Waals surface area contributed by atoms with Crippen LogP contribution < -0.4 is 0 Å². The monoisotopic (exact) mass is 174 g/mol. The van der Waals surface area contributed by atoms with Gasteiger partial charge in [0, 0.05) is 0 Å². The summed E-state index contributed by atoms with van der Waals surface area (Å²) in [4.78, 5) is 0. The maximum absolute atomic E-state index is 5.40. The topological polar surface area (TPSA) is 9.23 Å². The van der Waals surface area contributed by atoms with Gasteiger partial charge in [-0.15, -0.1) is 6.58 Å². The van der Waals surface area contributed by atoms with Gasteiger partial charge in [0.2, 0.25) is 0 Å². The molecule has 0 heterocycles. The number of thiol groups is 1. The van der Waals surface area contributed by atoms with Crippen molar-refractivity contribution in [3.8, 4) is 0 Å². The fourth-order valence-electron chi connectivity index (χ4n) is 0.716. The minimum atomic E-state index is 0.614. The van der Waals surface area contributed by atoms with Crippen molar-refractivity contribution in [2.45, 2.75) is 19.8 Å². The maximum atomic E-state index is 5.40. The van der Waals surface area contributed by atoms with E-state index in [1.54, 1.807) is 0 Å². The predicted octanol–water partition coefficient (Wildman–Crippen LogP) is 2.54. The van der Waals surface area contributed by atoms with Gasteiger partial charge in [-0.25, -0.2) is 0 Å². The van der Waals surface area contributed by atoms with Gasteiger partial charge in [0.15, 0.2) is 0 Å². The average Bonchev–Trinajstić information content (AvgIpc) is 2.05. The number of hydrogen-bond donors (Lipinski definition) is 1. The normalized spacial score (nSPS) is 12.9. The molecule has 0 saturated carbocycles. The Morgan fingerprint density at radius 1 is 1.64 bits per heavy atom. The van der Waals surface area contributed by atoms with E-state index in [1.165, 1.54) is 0 Å². The van der Waals surface area contributed by atoms with Gasteiger partial charge in [-0.2, -0.15) is 12.6 Å². The molecule has 66 valence electrons. The molecule has 0 aromatic rings. The van der Waals surface area contributed by atoms with Gasteiger partial charge < -0.3 is 4.74 Å². The first-order valence-electron chi connectivity index (χ1n) is 4.14. The van der Waals surface area contributed by atoms with Gasteiger partial charge in [0.25, 0.3) is 0 Å².